The van der Waals surface area contributed by atoms with Crippen molar-refractivity contribution in [2.45, 2.75) is 10.1 Å². The third-order valence-corrected chi connectivity index (χ3v) is 4.56. The molecule has 0 heterocycles. The van der Waals surface area contributed by atoms with Gasteiger partial charge in [0.1, 0.15) is 5.25 Å². The number of nitrogens with one attached hydrogen (secondary N) is 1. The Hall–Kier alpha value is -1.69. The quantitative estimate of drug-likeness (QED) is 0.267. The molecule has 0 aliphatic rings. The zero-order chi connectivity index (χ0) is 14.5. The van der Waals surface area contributed by atoms with Crippen LogP contribution >= 0.6 is 23.4 Å². The maximum absolute atomic E-state index is 12.0. The van der Waals surface area contributed by atoms with E-state index in [1.54, 1.807) is 18.2 Å². The van der Waals surface area contributed by atoms with E-state index in [0.717, 1.165) is 5.56 Å². The van der Waals surface area contributed by atoms with E-state index >= 15 is 0 Å². The number of hydrazine groups is 1. The van der Waals surface area contributed by atoms with Crippen LogP contribution in [0.2, 0.25) is 5.02 Å². The number of benzene rings is 2. The van der Waals surface area contributed by atoms with Crippen LogP contribution in [0, 0.1) is 0 Å². The molecule has 0 saturated heterocycles. The minimum atomic E-state index is -0.511. The molecule has 20 heavy (non-hydrogen) atoms. The monoisotopic (exact) mass is 307 g/mol. The van der Waals surface area contributed by atoms with Gasteiger partial charge < -0.3 is 5.73 Å². The molecule has 2 aromatic carbocycles. The third kappa shape index (κ3) is 3.25. The van der Waals surface area contributed by atoms with Crippen LogP contribution in [0.3, 0.4) is 0 Å². The van der Waals surface area contributed by atoms with E-state index in [4.69, 9.17) is 23.2 Å². The minimum absolute atomic E-state index is 0.305. The molecule has 2 rings (SSSR count). The van der Waals surface area contributed by atoms with Crippen molar-refractivity contribution in [3.05, 3.63) is 59.1 Å². The second kappa shape index (κ2) is 6.65. The smallest absolute Gasteiger partial charge is 0.251 e. The molecule has 0 bridgehead atoms. The van der Waals surface area contributed by atoms with Crippen molar-refractivity contribution in [3.8, 4) is 0 Å². The fraction of sp³-hybridized carbons (Fsp3) is 0.0714. The molecular weight excluding hydrogens is 294 g/mol. The molecule has 1 unspecified atom stereocenters. The third-order valence-electron chi connectivity index (χ3n) is 2.72. The summed E-state index contributed by atoms with van der Waals surface area (Å²) in [5, 5.41) is 0.00384. The first kappa shape index (κ1) is 14.7. The number of anilines is 1. The predicted molar refractivity (Wildman–Crippen MR) is 83.2 cm³/mol. The molecule has 0 aromatic heterocycles. The van der Waals surface area contributed by atoms with Crippen LogP contribution in [0.4, 0.5) is 5.69 Å². The molecule has 0 radical (unpaired) electrons. The highest BCUT2D eigenvalue weighted by Crippen LogP contribution is 2.41. The molecule has 1 amide bonds. The molecule has 0 aliphatic carbocycles. The van der Waals surface area contributed by atoms with Gasteiger partial charge in [-0.05, 0) is 17.7 Å². The molecule has 4 nitrogen and oxygen atoms in total. The fourth-order valence-electron chi connectivity index (χ4n) is 1.74. The highest BCUT2D eigenvalue weighted by Gasteiger charge is 2.23. The van der Waals surface area contributed by atoms with Gasteiger partial charge in [-0.1, -0.05) is 48.0 Å². The summed E-state index contributed by atoms with van der Waals surface area (Å²) in [7, 11) is 0. The number of hydrogen-bond acceptors (Lipinski definition) is 4. The second-order valence-electron chi connectivity index (χ2n) is 4.08. The molecule has 0 saturated carbocycles. The predicted octanol–water partition coefficient (Wildman–Crippen LogP) is 2.75. The Labute approximate surface area is 126 Å². The van der Waals surface area contributed by atoms with Crippen LogP contribution in [0.15, 0.2) is 53.4 Å². The second-order valence-corrected chi connectivity index (χ2v) is 5.60. The summed E-state index contributed by atoms with van der Waals surface area (Å²) in [5.74, 6) is 4.96. The summed E-state index contributed by atoms with van der Waals surface area (Å²) < 4.78 is 0. The Kier molecular flexibility index (Phi) is 4.89. The first-order chi connectivity index (χ1) is 9.63. The summed E-state index contributed by atoms with van der Waals surface area (Å²) in [6, 6.07) is 14.6. The van der Waals surface area contributed by atoms with Crippen molar-refractivity contribution < 1.29 is 4.79 Å². The molecule has 104 valence electrons. The number of rotatable bonds is 4. The molecule has 2 aromatic rings. The van der Waals surface area contributed by atoms with Crippen LogP contribution in [0.1, 0.15) is 10.8 Å². The normalized spacial score (nSPS) is 11.9. The van der Waals surface area contributed by atoms with Gasteiger partial charge in [-0.25, -0.2) is 5.84 Å². The molecular formula is C14H14ClN3OS. The standard InChI is InChI=1S/C14H14ClN3OS/c15-10-7-4-8-11(16)13(10)20-12(14(19)18-17)9-5-2-1-3-6-9/h1-8,12H,16-17H2,(H,18,19). The fourth-order valence-corrected chi connectivity index (χ4v) is 3.15. The number of hydrogen-bond donors (Lipinski definition) is 3. The SMILES string of the molecule is NNC(=O)C(Sc1c(N)cccc1Cl)c1ccccc1. The number of nitrogen functional groups attached to an aromatic ring is 1. The number of amides is 1. The lowest BCUT2D eigenvalue weighted by atomic mass is 10.1. The van der Waals surface area contributed by atoms with Gasteiger partial charge in [-0.2, -0.15) is 0 Å². The van der Waals surface area contributed by atoms with Crippen LogP contribution in [-0.2, 0) is 4.79 Å². The van der Waals surface area contributed by atoms with E-state index in [1.807, 2.05) is 30.3 Å². The Morgan fingerprint density at radius 1 is 1.15 bits per heavy atom. The highest BCUT2D eigenvalue weighted by atomic mass is 35.5. The summed E-state index contributed by atoms with van der Waals surface area (Å²) >= 11 is 7.42. The van der Waals surface area contributed by atoms with E-state index in [0.29, 0.717) is 15.6 Å². The molecule has 0 spiro atoms. The maximum atomic E-state index is 12.0. The van der Waals surface area contributed by atoms with Gasteiger partial charge in [0.15, 0.2) is 0 Å². The topological polar surface area (TPSA) is 81.1 Å². The van der Waals surface area contributed by atoms with Gasteiger partial charge >= 0.3 is 0 Å². The first-order valence-electron chi connectivity index (χ1n) is 5.89. The van der Waals surface area contributed by atoms with Crippen molar-refractivity contribution in [1.82, 2.24) is 5.43 Å². The van der Waals surface area contributed by atoms with Crippen LogP contribution in [0.5, 0.6) is 0 Å². The Morgan fingerprint density at radius 2 is 1.85 bits per heavy atom. The molecule has 1 atom stereocenters. The number of nitrogens with two attached hydrogens (primary N) is 2. The van der Waals surface area contributed by atoms with E-state index in [9.17, 15) is 4.79 Å². The largest absolute Gasteiger partial charge is 0.398 e. The first-order valence-corrected chi connectivity index (χ1v) is 7.15. The molecule has 0 aliphatic heterocycles. The van der Waals surface area contributed by atoms with Gasteiger partial charge in [-0.3, -0.25) is 10.2 Å². The Morgan fingerprint density at radius 3 is 2.45 bits per heavy atom. The van der Waals surface area contributed by atoms with Crippen molar-refractivity contribution >= 4 is 35.0 Å². The summed E-state index contributed by atoms with van der Waals surface area (Å²) in [4.78, 5) is 12.7. The van der Waals surface area contributed by atoms with Crippen LogP contribution in [0.25, 0.3) is 0 Å². The number of thioether (sulfide) groups is 1. The average molecular weight is 308 g/mol. The van der Waals surface area contributed by atoms with Gasteiger partial charge in [-0.15, -0.1) is 11.8 Å². The van der Waals surface area contributed by atoms with Gasteiger partial charge in [0.05, 0.1) is 5.02 Å². The lowest BCUT2D eigenvalue weighted by Gasteiger charge is -2.17. The Balaban J connectivity index is 2.37. The maximum Gasteiger partial charge on any atom is 0.251 e. The number of carbonyl (C=O) groups is 1. The number of carbonyl (C=O) groups excluding carboxylic acids is 1. The zero-order valence-corrected chi connectivity index (χ0v) is 12.1. The van der Waals surface area contributed by atoms with Crippen LogP contribution in [-0.4, -0.2) is 5.91 Å². The summed E-state index contributed by atoms with van der Waals surface area (Å²) in [6.45, 7) is 0. The lowest BCUT2D eigenvalue weighted by molar-refractivity contribution is -0.120. The molecule has 0 fully saturated rings. The number of halogens is 1. The average Bonchev–Trinajstić information content (AvgIpc) is 2.47. The van der Waals surface area contributed by atoms with Crippen molar-refractivity contribution in [2.24, 2.45) is 5.84 Å². The molecule has 5 N–H and O–H groups in total. The van der Waals surface area contributed by atoms with Gasteiger partial charge in [0.25, 0.3) is 5.91 Å². The van der Waals surface area contributed by atoms with Gasteiger partial charge in [0.2, 0.25) is 0 Å². The zero-order valence-electron chi connectivity index (χ0n) is 10.5. The minimum Gasteiger partial charge on any atom is -0.398 e. The lowest BCUT2D eigenvalue weighted by Crippen LogP contribution is -2.33. The van der Waals surface area contributed by atoms with E-state index in [-0.39, 0.29) is 5.91 Å². The molecule has 6 heteroatoms. The summed E-state index contributed by atoms with van der Waals surface area (Å²) in [6.07, 6.45) is 0. The van der Waals surface area contributed by atoms with Crippen molar-refractivity contribution in [2.75, 3.05) is 5.73 Å². The highest BCUT2D eigenvalue weighted by molar-refractivity contribution is 8.00. The van der Waals surface area contributed by atoms with E-state index in [2.05, 4.69) is 5.43 Å². The van der Waals surface area contributed by atoms with Gasteiger partial charge in [0, 0.05) is 10.6 Å². The van der Waals surface area contributed by atoms with Crippen molar-refractivity contribution in [1.29, 1.82) is 0 Å². The summed E-state index contributed by atoms with van der Waals surface area (Å²) in [5.41, 5.74) is 9.47. The Bertz CT molecular complexity index is 586. The van der Waals surface area contributed by atoms with Crippen LogP contribution < -0.4 is 17.0 Å². The van der Waals surface area contributed by atoms with E-state index < -0.39 is 5.25 Å². The van der Waals surface area contributed by atoms with Crippen molar-refractivity contribution in [3.63, 3.8) is 0 Å². The van der Waals surface area contributed by atoms with E-state index in [1.165, 1.54) is 11.8 Å².